The molecule has 0 saturated carbocycles. The van der Waals surface area contributed by atoms with Crippen molar-refractivity contribution in [2.24, 2.45) is 0 Å². The smallest absolute Gasteiger partial charge is 0.221 e. The predicted molar refractivity (Wildman–Crippen MR) is 44.0 cm³/mol. The highest BCUT2D eigenvalue weighted by atomic mass is 16.1. The van der Waals surface area contributed by atoms with Gasteiger partial charge in [0.25, 0.3) is 0 Å². The van der Waals surface area contributed by atoms with Gasteiger partial charge in [-0.2, -0.15) is 0 Å². The van der Waals surface area contributed by atoms with Gasteiger partial charge in [-0.15, -0.1) is 0 Å². The van der Waals surface area contributed by atoms with Crippen LogP contribution in [0.2, 0.25) is 0 Å². The number of carbonyl (C=O) groups is 1. The third-order valence-electron chi connectivity index (χ3n) is 1.21. The molecule has 3 nitrogen and oxygen atoms in total. The van der Waals surface area contributed by atoms with Crippen LogP contribution in [-0.4, -0.2) is 5.91 Å². The highest BCUT2D eigenvalue weighted by Crippen LogP contribution is 2.15. The molecule has 0 saturated heterocycles. The highest BCUT2D eigenvalue weighted by molar-refractivity contribution is 5.91. The Balaban J connectivity index is 2.86. The quantitative estimate of drug-likeness (QED) is 0.586. The van der Waals surface area contributed by atoms with Crippen LogP contribution in [-0.2, 0) is 4.79 Å². The minimum absolute atomic E-state index is 0.122. The minimum atomic E-state index is -0.122. The molecule has 1 aromatic rings. The molecule has 0 aromatic heterocycles. The largest absolute Gasteiger partial charge is 0.397 e. The van der Waals surface area contributed by atoms with Crippen LogP contribution >= 0.6 is 0 Å². The summed E-state index contributed by atoms with van der Waals surface area (Å²) < 4.78 is 0. The van der Waals surface area contributed by atoms with Crippen molar-refractivity contribution in [2.75, 3.05) is 11.1 Å². The molecular formula is C8H9N2O. The molecule has 0 heterocycles. The molecule has 3 N–H and O–H groups in total. The first kappa shape index (κ1) is 7.60. The van der Waals surface area contributed by atoms with Crippen LogP contribution < -0.4 is 11.1 Å². The third kappa shape index (κ3) is 1.97. The van der Waals surface area contributed by atoms with E-state index in [4.69, 9.17) is 5.73 Å². The van der Waals surface area contributed by atoms with E-state index in [0.717, 1.165) is 0 Å². The fourth-order valence-electron chi connectivity index (χ4n) is 0.747. The summed E-state index contributed by atoms with van der Waals surface area (Å²) in [5.41, 5.74) is 6.69. The average molecular weight is 149 g/mol. The normalized spacial score (nSPS) is 9.18. The van der Waals surface area contributed by atoms with Crippen molar-refractivity contribution in [1.82, 2.24) is 0 Å². The van der Waals surface area contributed by atoms with Crippen LogP contribution in [0.4, 0.5) is 11.4 Å². The zero-order valence-electron chi connectivity index (χ0n) is 6.22. The number of rotatable bonds is 1. The summed E-state index contributed by atoms with van der Waals surface area (Å²) in [6.45, 7) is 1.44. The molecule has 0 fully saturated rings. The van der Waals surface area contributed by atoms with Crippen molar-refractivity contribution in [3.05, 3.63) is 24.3 Å². The number of hydrogen-bond acceptors (Lipinski definition) is 2. The van der Waals surface area contributed by atoms with Crippen LogP contribution in [0.25, 0.3) is 0 Å². The molecule has 1 amide bonds. The number of nitrogen functional groups attached to an aromatic ring is 1. The van der Waals surface area contributed by atoms with Crippen molar-refractivity contribution in [2.45, 2.75) is 6.92 Å². The second-order valence-electron chi connectivity index (χ2n) is 2.19. The Morgan fingerprint density at radius 1 is 1.73 bits per heavy atom. The van der Waals surface area contributed by atoms with Crippen LogP contribution in [0, 0.1) is 6.07 Å². The fraction of sp³-hybridized carbons (Fsp3) is 0.125. The molecule has 0 unspecified atom stereocenters. The second kappa shape index (κ2) is 3.05. The lowest BCUT2D eigenvalue weighted by atomic mass is 10.3. The number of hydrogen-bond donors (Lipinski definition) is 2. The van der Waals surface area contributed by atoms with Crippen LogP contribution in [0.5, 0.6) is 0 Å². The van der Waals surface area contributed by atoms with Gasteiger partial charge in [0.1, 0.15) is 0 Å². The Labute approximate surface area is 65.2 Å². The number of anilines is 2. The molecule has 11 heavy (non-hydrogen) atoms. The maximum absolute atomic E-state index is 10.6. The van der Waals surface area contributed by atoms with Crippen molar-refractivity contribution in [3.63, 3.8) is 0 Å². The van der Waals surface area contributed by atoms with E-state index in [1.165, 1.54) is 6.92 Å². The Hall–Kier alpha value is -1.51. The topological polar surface area (TPSA) is 55.1 Å². The summed E-state index contributed by atoms with van der Waals surface area (Å²) in [6, 6.07) is 7.82. The maximum atomic E-state index is 10.6. The van der Waals surface area contributed by atoms with Crippen molar-refractivity contribution < 1.29 is 4.79 Å². The summed E-state index contributed by atoms with van der Waals surface area (Å²) in [6.07, 6.45) is 0. The van der Waals surface area contributed by atoms with Gasteiger partial charge in [-0.1, -0.05) is 6.07 Å². The summed E-state index contributed by atoms with van der Waals surface area (Å²) in [5, 5.41) is 2.59. The number of benzene rings is 1. The standard InChI is InChI=1S/C8H9N2O/c1-6(11)10-8-5-3-2-4-7(8)9/h3-5H,9H2,1H3,(H,10,11). The van der Waals surface area contributed by atoms with Gasteiger partial charge in [0, 0.05) is 6.92 Å². The van der Waals surface area contributed by atoms with E-state index in [1.54, 1.807) is 18.2 Å². The lowest BCUT2D eigenvalue weighted by Crippen LogP contribution is -2.07. The van der Waals surface area contributed by atoms with Gasteiger partial charge in [-0.25, -0.2) is 0 Å². The first-order chi connectivity index (χ1) is 5.20. The van der Waals surface area contributed by atoms with Gasteiger partial charge >= 0.3 is 0 Å². The molecule has 57 valence electrons. The van der Waals surface area contributed by atoms with Crippen LogP contribution in [0.15, 0.2) is 18.2 Å². The van der Waals surface area contributed by atoms with Gasteiger partial charge in [-0.3, -0.25) is 4.79 Å². The van der Waals surface area contributed by atoms with Gasteiger partial charge in [0.2, 0.25) is 5.91 Å². The minimum Gasteiger partial charge on any atom is -0.397 e. The van der Waals surface area contributed by atoms with E-state index in [9.17, 15) is 4.79 Å². The molecule has 0 aliphatic rings. The third-order valence-corrected chi connectivity index (χ3v) is 1.21. The SMILES string of the molecule is CC(=O)Nc1cc[c]cc1N. The van der Waals surface area contributed by atoms with Gasteiger partial charge < -0.3 is 11.1 Å². The Kier molecular flexibility index (Phi) is 2.11. The van der Waals surface area contributed by atoms with Gasteiger partial charge in [0.05, 0.1) is 11.4 Å². The zero-order chi connectivity index (χ0) is 8.27. The molecule has 1 radical (unpaired) electrons. The van der Waals surface area contributed by atoms with Crippen LogP contribution in [0.3, 0.4) is 0 Å². The lowest BCUT2D eigenvalue weighted by molar-refractivity contribution is -0.114. The number of nitrogens with one attached hydrogen (secondary N) is 1. The molecule has 0 spiro atoms. The predicted octanol–water partition coefficient (Wildman–Crippen LogP) is 1.03. The summed E-state index contributed by atoms with van der Waals surface area (Å²) in [4.78, 5) is 10.6. The molecule has 1 aromatic carbocycles. The lowest BCUT2D eigenvalue weighted by Gasteiger charge is -2.03. The first-order valence-electron chi connectivity index (χ1n) is 3.23. The molecule has 3 heteroatoms. The molecule has 0 bridgehead atoms. The molecule has 0 aliphatic carbocycles. The summed E-state index contributed by atoms with van der Waals surface area (Å²) >= 11 is 0. The van der Waals surface area contributed by atoms with E-state index in [0.29, 0.717) is 11.4 Å². The van der Waals surface area contributed by atoms with Crippen molar-refractivity contribution >= 4 is 17.3 Å². The van der Waals surface area contributed by atoms with Crippen molar-refractivity contribution in [1.29, 1.82) is 0 Å². The zero-order valence-corrected chi connectivity index (χ0v) is 6.22. The van der Waals surface area contributed by atoms with Gasteiger partial charge in [0.15, 0.2) is 0 Å². The Morgan fingerprint density at radius 3 is 3.00 bits per heavy atom. The summed E-state index contributed by atoms with van der Waals surface area (Å²) in [7, 11) is 0. The Morgan fingerprint density at radius 2 is 2.45 bits per heavy atom. The van der Waals surface area contributed by atoms with E-state index in [1.807, 2.05) is 0 Å². The van der Waals surface area contributed by atoms with E-state index in [-0.39, 0.29) is 5.91 Å². The molecule has 1 rings (SSSR count). The van der Waals surface area contributed by atoms with E-state index >= 15 is 0 Å². The van der Waals surface area contributed by atoms with Crippen LogP contribution in [0.1, 0.15) is 6.92 Å². The van der Waals surface area contributed by atoms with E-state index < -0.39 is 0 Å². The number of amides is 1. The monoisotopic (exact) mass is 149 g/mol. The second-order valence-corrected chi connectivity index (χ2v) is 2.19. The highest BCUT2D eigenvalue weighted by Gasteiger charge is 1.97. The van der Waals surface area contributed by atoms with Gasteiger partial charge in [-0.05, 0) is 18.2 Å². The maximum Gasteiger partial charge on any atom is 0.221 e. The first-order valence-corrected chi connectivity index (χ1v) is 3.23. The van der Waals surface area contributed by atoms with Crippen molar-refractivity contribution in [3.8, 4) is 0 Å². The average Bonchev–Trinajstić information content (AvgIpc) is 1.93. The Bertz CT molecular complexity index is 271. The molecule has 0 aliphatic heterocycles. The number of nitrogens with two attached hydrogens (primary N) is 1. The molecular weight excluding hydrogens is 140 g/mol. The summed E-state index contributed by atoms with van der Waals surface area (Å²) in [5.74, 6) is -0.122. The van der Waals surface area contributed by atoms with E-state index in [2.05, 4.69) is 11.4 Å². The fourth-order valence-corrected chi connectivity index (χ4v) is 0.747. The molecule has 0 atom stereocenters. The number of carbonyl (C=O) groups excluding carboxylic acids is 1.